The number of nitrogens with one attached hydrogen (secondary N) is 2. The molecule has 2 bridgehead atoms. The molecule has 3 atom stereocenters. The number of fused-ring (bicyclic) bond motifs is 3. The highest BCUT2D eigenvalue weighted by Crippen LogP contribution is 2.30. The van der Waals surface area contributed by atoms with Gasteiger partial charge in [-0.25, -0.2) is 0 Å². The average molecular weight is 508 g/mol. The van der Waals surface area contributed by atoms with Gasteiger partial charge in [-0.1, -0.05) is 30.3 Å². The van der Waals surface area contributed by atoms with E-state index < -0.39 is 6.10 Å². The fraction of sp³-hybridized carbons (Fsp3) is 0.517. The van der Waals surface area contributed by atoms with Crippen LogP contribution in [0.15, 0.2) is 42.5 Å². The van der Waals surface area contributed by atoms with Crippen molar-refractivity contribution in [3.8, 4) is 5.75 Å². The number of morpholine rings is 1. The van der Waals surface area contributed by atoms with Crippen molar-refractivity contribution in [3.63, 3.8) is 0 Å². The van der Waals surface area contributed by atoms with Gasteiger partial charge in [0.1, 0.15) is 5.75 Å². The summed E-state index contributed by atoms with van der Waals surface area (Å²) in [5, 5.41) is 16.7. The number of carbonyl (C=O) groups excluding carboxylic acids is 2. The van der Waals surface area contributed by atoms with Crippen LogP contribution in [0.25, 0.3) is 0 Å². The first-order valence-electron chi connectivity index (χ1n) is 13.4. The number of aliphatic hydroxyl groups excluding tert-OH is 1. The maximum absolute atomic E-state index is 13.0. The minimum Gasteiger partial charge on any atom is -0.493 e. The summed E-state index contributed by atoms with van der Waals surface area (Å²) in [6.45, 7) is 4.03. The number of carbonyl (C=O) groups is 2. The summed E-state index contributed by atoms with van der Waals surface area (Å²) >= 11 is 0. The molecule has 2 aromatic rings. The molecular weight excluding hydrogens is 470 g/mol. The molecule has 0 spiro atoms. The Balaban J connectivity index is 1.13. The van der Waals surface area contributed by atoms with Crippen LogP contribution in [-0.2, 0) is 28.8 Å². The van der Waals surface area contributed by atoms with Gasteiger partial charge in [-0.15, -0.1) is 0 Å². The summed E-state index contributed by atoms with van der Waals surface area (Å²) in [4.78, 5) is 27.9. The zero-order valence-electron chi connectivity index (χ0n) is 21.4. The molecule has 3 aliphatic rings. The van der Waals surface area contributed by atoms with Crippen LogP contribution in [0, 0.1) is 0 Å². The Kier molecular flexibility index (Phi) is 8.08. The Morgan fingerprint density at radius 2 is 1.78 bits per heavy atom. The van der Waals surface area contributed by atoms with Crippen LogP contribution in [0.5, 0.6) is 5.75 Å². The molecule has 2 amide bonds. The van der Waals surface area contributed by atoms with Gasteiger partial charge in [-0.3, -0.25) is 9.59 Å². The third-order valence-corrected chi connectivity index (χ3v) is 7.67. The predicted molar refractivity (Wildman–Crippen MR) is 140 cm³/mol. The Morgan fingerprint density at radius 1 is 1.08 bits per heavy atom. The number of rotatable bonds is 10. The lowest BCUT2D eigenvalue weighted by molar-refractivity contribution is -0.140. The van der Waals surface area contributed by atoms with Crippen LogP contribution < -0.4 is 15.4 Å². The van der Waals surface area contributed by atoms with E-state index in [0.29, 0.717) is 43.7 Å². The van der Waals surface area contributed by atoms with E-state index in [0.717, 1.165) is 31.2 Å². The molecule has 37 heavy (non-hydrogen) atoms. The average Bonchev–Trinajstić information content (AvgIpc) is 3.43. The lowest BCUT2D eigenvalue weighted by atomic mass is 10.1. The van der Waals surface area contributed by atoms with Gasteiger partial charge in [0.15, 0.2) is 0 Å². The minimum absolute atomic E-state index is 0.0939. The van der Waals surface area contributed by atoms with Crippen molar-refractivity contribution in [2.24, 2.45) is 0 Å². The second-order valence-corrected chi connectivity index (χ2v) is 10.3. The molecule has 0 radical (unpaired) electrons. The first-order valence-corrected chi connectivity index (χ1v) is 13.4. The van der Waals surface area contributed by atoms with Gasteiger partial charge in [0.05, 0.1) is 50.0 Å². The molecule has 2 aliphatic heterocycles. The number of ether oxygens (including phenoxy) is 2. The summed E-state index contributed by atoms with van der Waals surface area (Å²) in [6, 6.07) is 14.4. The standard InChI is InChI=1S/C29H37N3O5/c1-2-37-27-11-19(12-28(34)32-23-8-9-24(32)18-36-17-23)7-10-26(27)29(35)31-16-25(33)15-30-22-13-20-5-3-4-6-21(20)14-22/h3-7,10-11,22-25,30,33H,2,8-9,12-18H2,1H3,(H,31,35). The monoisotopic (exact) mass is 507 g/mol. The highest BCUT2D eigenvalue weighted by molar-refractivity contribution is 5.97. The first-order chi connectivity index (χ1) is 18.0. The third-order valence-electron chi connectivity index (χ3n) is 7.67. The van der Waals surface area contributed by atoms with E-state index in [1.165, 1.54) is 11.1 Å². The first kappa shape index (κ1) is 25.7. The van der Waals surface area contributed by atoms with Crippen LogP contribution >= 0.6 is 0 Å². The molecule has 2 saturated heterocycles. The molecule has 3 N–H and O–H groups in total. The van der Waals surface area contributed by atoms with Crippen LogP contribution in [0.4, 0.5) is 0 Å². The summed E-state index contributed by atoms with van der Waals surface area (Å²) in [5.41, 5.74) is 3.93. The van der Waals surface area contributed by atoms with Gasteiger partial charge in [-0.05, 0) is 61.4 Å². The Morgan fingerprint density at radius 3 is 2.46 bits per heavy atom. The Bertz CT molecular complexity index is 1080. The molecule has 2 heterocycles. The molecule has 198 valence electrons. The van der Waals surface area contributed by atoms with Crippen LogP contribution in [0.2, 0.25) is 0 Å². The molecule has 8 heteroatoms. The topological polar surface area (TPSA) is 100 Å². The van der Waals surface area contributed by atoms with E-state index in [4.69, 9.17) is 9.47 Å². The number of nitrogens with zero attached hydrogens (tertiary/aromatic N) is 1. The minimum atomic E-state index is -0.705. The molecule has 0 saturated carbocycles. The normalized spacial score (nSPS) is 21.5. The summed E-state index contributed by atoms with van der Waals surface area (Å²) < 4.78 is 11.3. The van der Waals surface area contributed by atoms with Crippen molar-refractivity contribution in [3.05, 3.63) is 64.7 Å². The van der Waals surface area contributed by atoms with Gasteiger partial charge in [-0.2, -0.15) is 0 Å². The van der Waals surface area contributed by atoms with Crippen molar-refractivity contribution in [2.75, 3.05) is 32.9 Å². The number of hydrogen-bond acceptors (Lipinski definition) is 6. The number of hydrogen-bond donors (Lipinski definition) is 3. The highest BCUT2D eigenvalue weighted by Gasteiger charge is 2.40. The van der Waals surface area contributed by atoms with E-state index in [9.17, 15) is 14.7 Å². The predicted octanol–water partition coefficient (Wildman–Crippen LogP) is 1.87. The summed E-state index contributed by atoms with van der Waals surface area (Å²) in [6.07, 6.45) is 3.46. The van der Waals surface area contributed by atoms with E-state index in [1.807, 2.05) is 17.9 Å². The SMILES string of the molecule is CCOc1cc(CC(=O)N2C3CCC2COC3)ccc1C(=O)NCC(O)CNC1Cc2ccccc2C1. The van der Waals surface area contributed by atoms with Gasteiger partial charge < -0.3 is 30.1 Å². The zero-order chi connectivity index (χ0) is 25.8. The largest absolute Gasteiger partial charge is 0.493 e. The molecule has 2 fully saturated rings. The summed E-state index contributed by atoms with van der Waals surface area (Å²) in [5.74, 6) is 0.239. The second-order valence-electron chi connectivity index (χ2n) is 10.3. The molecule has 0 aromatic heterocycles. The van der Waals surface area contributed by atoms with E-state index >= 15 is 0 Å². The smallest absolute Gasteiger partial charge is 0.255 e. The fourth-order valence-corrected chi connectivity index (χ4v) is 5.82. The molecule has 5 rings (SSSR count). The fourth-order valence-electron chi connectivity index (χ4n) is 5.82. The van der Waals surface area contributed by atoms with E-state index in [-0.39, 0.29) is 36.9 Å². The van der Waals surface area contributed by atoms with Gasteiger partial charge in [0.25, 0.3) is 5.91 Å². The van der Waals surface area contributed by atoms with Crippen molar-refractivity contribution in [1.29, 1.82) is 0 Å². The Hall–Kier alpha value is -2.94. The van der Waals surface area contributed by atoms with Crippen LogP contribution in [0.1, 0.15) is 46.8 Å². The number of benzene rings is 2. The maximum atomic E-state index is 13.0. The molecule has 8 nitrogen and oxygen atoms in total. The maximum Gasteiger partial charge on any atom is 0.255 e. The molecule has 2 aromatic carbocycles. The lowest BCUT2D eigenvalue weighted by Gasteiger charge is -2.34. The van der Waals surface area contributed by atoms with Gasteiger partial charge in [0.2, 0.25) is 5.91 Å². The van der Waals surface area contributed by atoms with Gasteiger partial charge in [0, 0.05) is 19.1 Å². The van der Waals surface area contributed by atoms with Crippen LogP contribution in [-0.4, -0.2) is 79.0 Å². The molecular formula is C29H37N3O5. The van der Waals surface area contributed by atoms with Crippen molar-refractivity contribution >= 4 is 11.8 Å². The molecule has 3 unspecified atom stereocenters. The number of amides is 2. The third kappa shape index (κ3) is 5.98. The molecule has 1 aliphatic carbocycles. The highest BCUT2D eigenvalue weighted by atomic mass is 16.5. The zero-order valence-corrected chi connectivity index (χ0v) is 21.4. The van der Waals surface area contributed by atoms with Crippen molar-refractivity contribution in [2.45, 2.75) is 63.3 Å². The van der Waals surface area contributed by atoms with E-state index in [1.54, 1.807) is 12.1 Å². The van der Waals surface area contributed by atoms with Gasteiger partial charge >= 0.3 is 0 Å². The van der Waals surface area contributed by atoms with E-state index in [2.05, 4.69) is 34.9 Å². The summed E-state index contributed by atoms with van der Waals surface area (Å²) in [7, 11) is 0. The quantitative estimate of drug-likeness (QED) is 0.454. The van der Waals surface area contributed by atoms with Crippen molar-refractivity contribution < 1.29 is 24.2 Å². The van der Waals surface area contributed by atoms with Crippen LogP contribution in [0.3, 0.4) is 0 Å². The lowest BCUT2D eigenvalue weighted by Crippen LogP contribution is -2.49. The van der Waals surface area contributed by atoms with Crippen molar-refractivity contribution in [1.82, 2.24) is 15.5 Å². The Labute approximate surface area is 218 Å². The second kappa shape index (κ2) is 11.6. The number of aliphatic hydroxyl groups is 1.